The molecule has 0 spiro atoms. The van der Waals surface area contributed by atoms with Crippen molar-refractivity contribution < 1.29 is 9.53 Å². The summed E-state index contributed by atoms with van der Waals surface area (Å²) in [6.07, 6.45) is 1.38. The molecule has 0 aliphatic rings. The number of aromatic nitrogens is 1. The van der Waals surface area contributed by atoms with Gasteiger partial charge < -0.3 is 15.0 Å². The number of hydrogen-bond donors (Lipinski definition) is 1. The molecular weight excluding hydrogens is 244 g/mol. The number of nitrogens with one attached hydrogen (secondary N) is 1. The molecule has 0 aliphatic heterocycles. The molecule has 102 valence electrons. The highest BCUT2D eigenvalue weighted by Crippen LogP contribution is 1.98. The third-order valence-electron chi connectivity index (χ3n) is 2.34. The first-order valence-electron chi connectivity index (χ1n) is 6.00. The van der Waals surface area contributed by atoms with E-state index in [2.05, 4.69) is 10.3 Å². The van der Waals surface area contributed by atoms with E-state index in [9.17, 15) is 4.79 Å². The van der Waals surface area contributed by atoms with Gasteiger partial charge in [0.1, 0.15) is 11.8 Å². The molecule has 0 aromatic carbocycles. The number of hydrogen-bond acceptors (Lipinski definition) is 5. The number of amides is 1. The van der Waals surface area contributed by atoms with Crippen molar-refractivity contribution in [3.63, 3.8) is 0 Å². The second kappa shape index (κ2) is 8.19. The molecule has 0 aliphatic carbocycles. The summed E-state index contributed by atoms with van der Waals surface area (Å²) in [7, 11) is 3.95. The summed E-state index contributed by atoms with van der Waals surface area (Å²) < 4.78 is 5.35. The zero-order valence-electron chi connectivity index (χ0n) is 11.2. The van der Waals surface area contributed by atoms with Gasteiger partial charge in [0.15, 0.2) is 0 Å². The Hall–Kier alpha value is -1.97. The maximum atomic E-state index is 11.7. The number of carbonyl (C=O) groups is 1. The summed E-state index contributed by atoms with van der Waals surface area (Å²) >= 11 is 0. The van der Waals surface area contributed by atoms with Crippen LogP contribution in [0.4, 0.5) is 0 Å². The Bertz CT molecular complexity index is 437. The minimum atomic E-state index is -0.263. The van der Waals surface area contributed by atoms with E-state index in [1.54, 1.807) is 6.07 Å². The van der Waals surface area contributed by atoms with Crippen LogP contribution >= 0.6 is 0 Å². The van der Waals surface area contributed by atoms with Crippen LogP contribution in [0.15, 0.2) is 18.3 Å². The normalized spacial score (nSPS) is 10.2. The van der Waals surface area contributed by atoms with Gasteiger partial charge >= 0.3 is 0 Å². The average Bonchev–Trinajstić information content (AvgIpc) is 2.42. The molecule has 1 rings (SSSR count). The monoisotopic (exact) mass is 262 g/mol. The molecule has 0 fully saturated rings. The first-order valence-corrected chi connectivity index (χ1v) is 6.00. The summed E-state index contributed by atoms with van der Waals surface area (Å²) in [5.41, 5.74) is 0.732. The Kier molecular flexibility index (Phi) is 6.50. The molecule has 1 heterocycles. The molecular formula is C13H18N4O2. The van der Waals surface area contributed by atoms with Crippen molar-refractivity contribution in [3.8, 4) is 6.07 Å². The van der Waals surface area contributed by atoms with E-state index in [1.165, 1.54) is 12.3 Å². The highest BCUT2D eigenvalue weighted by atomic mass is 16.5. The molecule has 1 N–H and O–H groups in total. The molecule has 6 nitrogen and oxygen atoms in total. The lowest BCUT2D eigenvalue weighted by Gasteiger charge is -2.10. The highest BCUT2D eigenvalue weighted by Gasteiger charge is 2.05. The van der Waals surface area contributed by atoms with Crippen LogP contribution in [-0.2, 0) is 4.74 Å². The number of carbonyl (C=O) groups excluding carboxylic acids is 1. The zero-order valence-corrected chi connectivity index (χ0v) is 11.2. The predicted octanol–water partition coefficient (Wildman–Crippen LogP) is 0.261. The molecule has 0 saturated carbocycles. The third kappa shape index (κ3) is 5.95. The maximum Gasteiger partial charge on any atom is 0.269 e. The first kappa shape index (κ1) is 15.1. The van der Waals surface area contributed by atoms with Gasteiger partial charge in [-0.25, -0.2) is 4.98 Å². The molecule has 0 radical (unpaired) electrons. The van der Waals surface area contributed by atoms with Gasteiger partial charge in [-0.3, -0.25) is 4.79 Å². The summed E-state index contributed by atoms with van der Waals surface area (Å²) in [4.78, 5) is 17.6. The predicted molar refractivity (Wildman–Crippen MR) is 70.7 cm³/mol. The number of nitrogens with zero attached hydrogens (tertiary/aromatic N) is 3. The quantitative estimate of drug-likeness (QED) is 0.713. The lowest BCUT2D eigenvalue weighted by molar-refractivity contribution is 0.0896. The Morgan fingerprint density at radius 3 is 2.84 bits per heavy atom. The third-order valence-corrected chi connectivity index (χ3v) is 2.34. The maximum absolute atomic E-state index is 11.7. The van der Waals surface area contributed by atoms with Crippen molar-refractivity contribution in [2.45, 2.75) is 0 Å². The summed E-state index contributed by atoms with van der Waals surface area (Å²) in [5.74, 6) is -0.263. The van der Waals surface area contributed by atoms with E-state index in [4.69, 9.17) is 10.00 Å². The van der Waals surface area contributed by atoms with E-state index in [-0.39, 0.29) is 5.91 Å². The SMILES string of the molecule is CN(C)CCOCCNC(=O)c1ccc(C#N)cn1. The van der Waals surface area contributed by atoms with Crippen molar-refractivity contribution in [3.05, 3.63) is 29.6 Å². The van der Waals surface area contributed by atoms with E-state index in [1.807, 2.05) is 25.1 Å². The molecule has 0 saturated heterocycles. The number of pyridine rings is 1. The van der Waals surface area contributed by atoms with Crippen LogP contribution in [-0.4, -0.2) is 56.2 Å². The Morgan fingerprint density at radius 1 is 1.47 bits per heavy atom. The van der Waals surface area contributed by atoms with Crippen molar-refractivity contribution in [2.75, 3.05) is 40.4 Å². The fourth-order valence-corrected chi connectivity index (χ4v) is 1.27. The second-order valence-corrected chi connectivity index (χ2v) is 4.22. The molecule has 1 aromatic rings. The Labute approximate surface area is 113 Å². The molecule has 0 bridgehead atoms. The minimum Gasteiger partial charge on any atom is -0.378 e. The van der Waals surface area contributed by atoms with E-state index < -0.39 is 0 Å². The van der Waals surface area contributed by atoms with Crippen LogP contribution in [0.2, 0.25) is 0 Å². The van der Waals surface area contributed by atoms with Gasteiger partial charge in [-0.15, -0.1) is 0 Å². The molecule has 1 aromatic heterocycles. The summed E-state index contributed by atoms with van der Waals surface area (Å²) in [5, 5.41) is 11.3. The van der Waals surface area contributed by atoms with Gasteiger partial charge in [0.25, 0.3) is 5.91 Å². The van der Waals surface area contributed by atoms with Crippen LogP contribution in [0.5, 0.6) is 0 Å². The largest absolute Gasteiger partial charge is 0.378 e. The van der Waals surface area contributed by atoms with E-state index in [0.717, 1.165) is 6.54 Å². The Balaban J connectivity index is 2.22. The molecule has 6 heteroatoms. The van der Waals surface area contributed by atoms with Gasteiger partial charge in [-0.05, 0) is 26.2 Å². The van der Waals surface area contributed by atoms with Gasteiger partial charge in [0.05, 0.1) is 18.8 Å². The average molecular weight is 262 g/mol. The van der Waals surface area contributed by atoms with Gasteiger partial charge in [-0.1, -0.05) is 0 Å². The van der Waals surface area contributed by atoms with Crippen LogP contribution in [0.3, 0.4) is 0 Å². The van der Waals surface area contributed by atoms with Crippen molar-refractivity contribution >= 4 is 5.91 Å². The molecule has 0 unspecified atom stereocenters. The van der Waals surface area contributed by atoms with Gasteiger partial charge in [0, 0.05) is 19.3 Å². The Morgan fingerprint density at radius 2 is 2.26 bits per heavy atom. The van der Waals surface area contributed by atoms with Crippen LogP contribution in [0.25, 0.3) is 0 Å². The summed E-state index contributed by atoms with van der Waals surface area (Å²) in [6, 6.07) is 5.04. The molecule has 1 amide bonds. The summed E-state index contributed by atoms with van der Waals surface area (Å²) in [6.45, 7) is 2.40. The number of likely N-dealkylation sites (N-methyl/N-ethyl adjacent to an activating group) is 1. The fraction of sp³-hybridized carbons (Fsp3) is 0.462. The van der Waals surface area contributed by atoms with E-state index >= 15 is 0 Å². The molecule has 0 atom stereocenters. The number of ether oxygens (including phenoxy) is 1. The van der Waals surface area contributed by atoms with Gasteiger partial charge in [-0.2, -0.15) is 5.26 Å². The number of nitriles is 1. The van der Waals surface area contributed by atoms with Crippen molar-refractivity contribution in [1.29, 1.82) is 5.26 Å². The zero-order chi connectivity index (χ0) is 14.1. The smallest absolute Gasteiger partial charge is 0.269 e. The van der Waals surface area contributed by atoms with Gasteiger partial charge in [0.2, 0.25) is 0 Å². The van der Waals surface area contributed by atoms with Crippen LogP contribution in [0.1, 0.15) is 16.1 Å². The highest BCUT2D eigenvalue weighted by molar-refractivity contribution is 5.92. The van der Waals surface area contributed by atoms with E-state index in [0.29, 0.717) is 31.0 Å². The van der Waals surface area contributed by atoms with Crippen LogP contribution < -0.4 is 5.32 Å². The first-order chi connectivity index (χ1) is 9.13. The molecule has 19 heavy (non-hydrogen) atoms. The topological polar surface area (TPSA) is 78.2 Å². The van der Waals surface area contributed by atoms with Crippen molar-refractivity contribution in [2.24, 2.45) is 0 Å². The number of rotatable bonds is 7. The standard InChI is InChI=1S/C13H18N4O2/c1-17(2)6-8-19-7-5-15-13(18)12-4-3-11(9-14)10-16-12/h3-4,10H,5-8H2,1-2H3,(H,15,18). The van der Waals surface area contributed by atoms with Crippen LogP contribution in [0, 0.1) is 11.3 Å². The lowest BCUT2D eigenvalue weighted by Crippen LogP contribution is -2.29. The van der Waals surface area contributed by atoms with Crippen molar-refractivity contribution in [1.82, 2.24) is 15.2 Å². The second-order valence-electron chi connectivity index (χ2n) is 4.22. The fourth-order valence-electron chi connectivity index (χ4n) is 1.27. The minimum absolute atomic E-state index is 0.263. The lowest BCUT2D eigenvalue weighted by atomic mass is 10.2.